The van der Waals surface area contributed by atoms with E-state index in [0.717, 1.165) is 4.68 Å². The molecule has 0 radical (unpaired) electrons. The van der Waals surface area contributed by atoms with Crippen LogP contribution >= 0.6 is 0 Å². The van der Waals surface area contributed by atoms with Gasteiger partial charge in [0.05, 0.1) is 10.3 Å². The van der Waals surface area contributed by atoms with E-state index in [1.807, 2.05) is 0 Å². The first kappa shape index (κ1) is 23.1. The maximum absolute atomic E-state index is 12.7. The highest BCUT2D eigenvalue weighted by molar-refractivity contribution is 7.89. The van der Waals surface area contributed by atoms with Gasteiger partial charge in [0.2, 0.25) is 10.0 Å². The molecule has 0 bridgehead atoms. The highest BCUT2D eigenvalue weighted by Crippen LogP contribution is 2.14. The number of nitrogens with zero attached hydrogens (tertiary/aromatic N) is 2. The molecule has 0 fully saturated rings. The molecule has 32 heavy (non-hydrogen) atoms. The van der Waals surface area contributed by atoms with E-state index in [4.69, 9.17) is 0 Å². The molecule has 0 atom stereocenters. The van der Waals surface area contributed by atoms with E-state index in [0.29, 0.717) is 10.8 Å². The number of sulfonamides is 1. The minimum Gasteiger partial charge on any atom is -0.267 e. The second kappa shape index (κ2) is 9.28. The number of hydrogen-bond acceptors (Lipinski definition) is 6. The third kappa shape index (κ3) is 4.84. The summed E-state index contributed by atoms with van der Waals surface area (Å²) in [5.74, 6) is -1.44. The molecule has 3 aromatic rings. The van der Waals surface area contributed by atoms with Crippen molar-refractivity contribution in [3.8, 4) is 0 Å². The highest BCUT2D eigenvalue weighted by atomic mass is 32.2. The number of carbonyl (C=O) groups excluding carboxylic acids is 2. The Bertz CT molecular complexity index is 1350. The Morgan fingerprint density at radius 1 is 1.00 bits per heavy atom. The third-order valence-corrected chi connectivity index (χ3v) is 6.13. The number of carbonyl (C=O) groups is 2. The number of aryl methyl sites for hydroxylation is 1. The Balaban J connectivity index is 1.82. The van der Waals surface area contributed by atoms with Crippen molar-refractivity contribution in [1.29, 1.82) is 0 Å². The number of aromatic nitrogens is 2. The van der Waals surface area contributed by atoms with Gasteiger partial charge in [-0.15, -0.1) is 0 Å². The molecular weight excluding hydrogens is 434 g/mol. The molecular formula is C21H23N5O5S. The Morgan fingerprint density at radius 2 is 1.66 bits per heavy atom. The van der Waals surface area contributed by atoms with Crippen LogP contribution in [0.25, 0.3) is 10.8 Å². The molecule has 0 saturated heterocycles. The van der Waals surface area contributed by atoms with E-state index in [2.05, 4.69) is 20.7 Å². The number of amides is 2. The summed E-state index contributed by atoms with van der Waals surface area (Å²) < 4.78 is 28.3. The topological polar surface area (TPSA) is 139 Å². The van der Waals surface area contributed by atoms with Crippen molar-refractivity contribution in [3.05, 3.63) is 70.1 Å². The molecule has 0 aliphatic rings. The third-order valence-electron chi connectivity index (χ3n) is 4.47. The van der Waals surface area contributed by atoms with E-state index < -0.39 is 21.8 Å². The first-order valence-corrected chi connectivity index (χ1v) is 11.3. The fraction of sp³-hybridized carbons (Fsp3) is 0.238. The Labute approximate surface area is 184 Å². The highest BCUT2D eigenvalue weighted by Gasteiger charge is 2.19. The van der Waals surface area contributed by atoms with Crippen LogP contribution in [0.1, 0.15) is 41.6 Å². The van der Waals surface area contributed by atoms with Crippen molar-refractivity contribution in [2.45, 2.75) is 38.3 Å². The minimum atomic E-state index is -3.79. The van der Waals surface area contributed by atoms with Gasteiger partial charge in [-0.3, -0.25) is 25.2 Å². The molecule has 0 saturated carbocycles. The summed E-state index contributed by atoms with van der Waals surface area (Å²) in [6.45, 7) is 5.36. The average Bonchev–Trinajstić information content (AvgIpc) is 2.77. The standard InChI is InChI=1S/C21H23N5O5S/c1-4-26-21(29)17-11-6-5-10-16(17)18(24-26)20(28)23-22-19(27)14-8-7-9-15(12-14)32(30,31)25-13(2)3/h5-13,25H,4H2,1-3H3,(H,22,27)(H,23,28). The summed E-state index contributed by atoms with van der Waals surface area (Å²) in [4.78, 5) is 37.6. The minimum absolute atomic E-state index is 0.0280. The lowest BCUT2D eigenvalue weighted by Gasteiger charge is -2.12. The Morgan fingerprint density at radius 3 is 2.31 bits per heavy atom. The lowest BCUT2D eigenvalue weighted by Crippen LogP contribution is -2.42. The first-order valence-electron chi connectivity index (χ1n) is 9.87. The lowest BCUT2D eigenvalue weighted by atomic mass is 10.1. The second-order valence-corrected chi connectivity index (χ2v) is 8.94. The number of fused-ring (bicyclic) bond motifs is 1. The molecule has 0 aliphatic heterocycles. The molecule has 168 valence electrons. The van der Waals surface area contributed by atoms with Gasteiger partial charge in [-0.25, -0.2) is 17.8 Å². The number of nitrogens with one attached hydrogen (secondary N) is 3. The molecule has 10 nitrogen and oxygen atoms in total. The van der Waals surface area contributed by atoms with Gasteiger partial charge < -0.3 is 0 Å². The molecule has 3 N–H and O–H groups in total. The van der Waals surface area contributed by atoms with Crippen LogP contribution < -0.4 is 21.1 Å². The van der Waals surface area contributed by atoms with Gasteiger partial charge in [-0.05, 0) is 45.0 Å². The molecule has 0 spiro atoms. The normalized spacial score (nSPS) is 11.5. The van der Waals surface area contributed by atoms with Crippen LogP contribution in [-0.4, -0.2) is 36.1 Å². The number of benzene rings is 2. The first-order chi connectivity index (χ1) is 15.1. The SMILES string of the molecule is CCn1nc(C(=O)NNC(=O)c2cccc(S(=O)(=O)NC(C)C)c2)c2ccccc2c1=O. The van der Waals surface area contributed by atoms with Gasteiger partial charge in [0.15, 0.2) is 5.69 Å². The summed E-state index contributed by atoms with van der Waals surface area (Å²) >= 11 is 0. The summed E-state index contributed by atoms with van der Waals surface area (Å²) in [6, 6.07) is 11.6. The van der Waals surface area contributed by atoms with E-state index >= 15 is 0 Å². The predicted molar refractivity (Wildman–Crippen MR) is 119 cm³/mol. The quantitative estimate of drug-likeness (QED) is 0.475. The largest absolute Gasteiger partial charge is 0.290 e. The lowest BCUT2D eigenvalue weighted by molar-refractivity contribution is 0.0843. The van der Waals surface area contributed by atoms with Crippen LogP contribution in [0.15, 0.2) is 58.2 Å². The van der Waals surface area contributed by atoms with Crippen molar-refractivity contribution in [3.63, 3.8) is 0 Å². The summed E-state index contributed by atoms with van der Waals surface area (Å²) in [6.07, 6.45) is 0. The number of hydrazine groups is 1. The van der Waals surface area contributed by atoms with Gasteiger partial charge in [0, 0.05) is 23.5 Å². The Hall–Kier alpha value is -3.57. The van der Waals surface area contributed by atoms with Crippen molar-refractivity contribution in [2.75, 3.05) is 0 Å². The van der Waals surface area contributed by atoms with Crippen LogP contribution in [0, 0.1) is 0 Å². The molecule has 2 aromatic carbocycles. The second-order valence-electron chi connectivity index (χ2n) is 7.23. The number of rotatable bonds is 6. The maximum atomic E-state index is 12.7. The molecule has 11 heteroatoms. The zero-order valence-corrected chi connectivity index (χ0v) is 18.6. The monoisotopic (exact) mass is 457 g/mol. The fourth-order valence-corrected chi connectivity index (χ4v) is 4.34. The van der Waals surface area contributed by atoms with E-state index in [9.17, 15) is 22.8 Å². The molecule has 3 rings (SSSR count). The molecule has 1 aromatic heterocycles. The summed E-state index contributed by atoms with van der Waals surface area (Å²) in [7, 11) is -3.79. The summed E-state index contributed by atoms with van der Waals surface area (Å²) in [5, 5.41) is 4.78. The molecule has 0 aliphatic carbocycles. The number of hydrogen-bond donors (Lipinski definition) is 3. The molecule has 0 unspecified atom stereocenters. The van der Waals surface area contributed by atoms with E-state index in [1.165, 1.54) is 24.3 Å². The van der Waals surface area contributed by atoms with Crippen LogP contribution in [0.5, 0.6) is 0 Å². The van der Waals surface area contributed by atoms with E-state index in [-0.39, 0.29) is 34.3 Å². The summed E-state index contributed by atoms with van der Waals surface area (Å²) in [5.41, 5.74) is 4.21. The van der Waals surface area contributed by atoms with Crippen molar-refractivity contribution in [2.24, 2.45) is 0 Å². The van der Waals surface area contributed by atoms with Crippen LogP contribution in [0.2, 0.25) is 0 Å². The van der Waals surface area contributed by atoms with Gasteiger partial charge >= 0.3 is 0 Å². The smallest absolute Gasteiger partial charge is 0.267 e. The molecule has 2 amide bonds. The average molecular weight is 458 g/mol. The van der Waals surface area contributed by atoms with Gasteiger partial charge in [-0.1, -0.05) is 24.3 Å². The molecule has 1 heterocycles. The van der Waals surface area contributed by atoms with Crippen molar-refractivity contribution < 1.29 is 18.0 Å². The van der Waals surface area contributed by atoms with Crippen molar-refractivity contribution >= 4 is 32.6 Å². The Kier molecular flexibility index (Phi) is 6.70. The van der Waals surface area contributed by atoms with Gasteiger partial charge in [0.1, 0.15) is 0 Å². The van der Waals surface area contributed by atoms with Crippen LogP contribution in [-0.2, 0) is 16.6 Å². The zero-order valence-electron chi connectivity index (χ0n) is 17.7. The predicted octanol–water partition coefficient (Wildman–Crippen LogP) is 1.18. The maximum Gasteiger partial charge on any atom is 0.290 e. The van der Waals surface area contributed by atoms with Crippen LogP contribution in [0.3, 0.4) is 0 Å². The van der Waals surface area contributed by atoms with E-state index in [1.54, 1.807) is 45.0 Å². The van der Waals surface area contributed by atoms with Crippen molar-refractivity contribution in [1.82, 2.24) is 25.4 Å². The zero-order chi connectivity index (χ0) is 23.5. The van der Waals surface area contributed by atoms with Gasteiger partial charge in [0.25, 0.3) is 17.4 Å². The fourth-order valence-electron chi connectivity index (χ4n) is 3.04. The van der Waals surface area contributed by atoms with Crippen LogP contribution in [0.4, 0.5) is 0 Å². The van der Waals surface area contributed by atoms with Gasteiger partial charge in [-0.2, -0.15) is 5.10 Å².